The lowest BCUT2D eigenvalue weighted by molar-refractivity contribution is -0.120. The molecule has 0 saturated carbocycles. The maximum Gasteiger partial charge on any atom is 0.241 e. The minimum Gasteiger partial charge on any atom is -0.371 e. The van der Waals surface area contributed by atoms with Crippen molar-refractivity contribution in [2.45, 2.75) is 18.9 Å². The number of benzene rings is 1. The van der Waals surface area contributed by atoms with Crippen molar-refractivity contribution in [2.75, 3.05) is 49.6 Å². The number of hydrogen-bond donors (Lipinski definition) is 1. The van der Waals surface area contributed by atoms with Gasteiger partial charge in [0.05, 0.1) is 17.9 Å². The van der Waals surface area contributed by atoms with Crippen molar-refractivity contribution < 1.29 is 4.79 Å². The normalized spacial score (nSPS) is 20.5. The van der Waals surface area contributed by atoms with E-state index >= 15 is 0 Å². The van der Waals surface area contributed by atoms with Gasteiger partial charge < -0.3 is 15.5 Å². The highest BCUT2D eigenvalue weighted by Crippen LogP contribution is 2.31. The van der Waals surface area contributed by atoms with Crippen LogP contribution in [0.4, 0.5) is 11.4 Å². The van der Waals surface area contributed by atoms with Gasteiger partial charge in [0.15, 0.2) is 0 Å². The van der Waals surface area contributed by atoms with Crippen molar-refractivity contribution in [1.29, 1.82) is 0 Å². The average Bonchev–Trinajstić information content (AvgIpc) is 2.50. The first-order valence-electron chi connectivity index (χ1n) is 7.73. The van der Waals surface area contributed by atoms with Gasteiger partial charge in [-0.3, -0.25) is 9.69 Å². The number of fused-ring (bicyclic) bond motifs is 1. The number of amides is 1. The molecule has 0 spiro atoms. The Morgan fingerprint density at radius 2 is 1.81 bits per heavy atom. The SMILES string of the molecule is CN1CCN(C(=O)CN2CCC(N)CC2)c2ccccc21. The van der Waals surface area contributed by atoms with Crippen molar-refractivity contribution in [3.05, 3.63) is 24.3 Å². The van der Waals surface area contributed by atoms with Gasteiger partial charge in [-0.15, -0.1) is 0 Å². The van der Waals surface area contributed by atoms with Crippen molar-refractivity contribution in [3.8, 4) is 0 Å². The van der Waals surface area contributed by atoms with E-state index in [-0.39, 0.29) is 5.91 Å². The third-order valence-electron chi connectivity index (χ3n) is 4.53. The molecule has 5 heteroatoms. The smallest absolute Gasteiger partial charge is 0.241 e. The quantitative estimate of drug-likeness (QED) is 0.878. The molecule has 0 bridgehead atoms. The van der Waals surface area contributed by atoms with Gasteiger partial charge in [-0.2, -0.15) is 0 Å². The van der Waals surface area contributed by atoms with Crippen LogP contribution in [0, 0.1) is 0 Å². The molecule has 5 nitrogen and oxygen atoms in total. The predicted molar refractivity (Wildman–Crippen MR) is 85.7 cm³/mol. The van der Waals surface area contributed by atoms with E-state index in [0.29, 0.717) is 12.6 Å². The standard InChI is InChI=1S/C16H24N4O/c1-18-10-11-20(15-5-3-2-4-14(15)18)16(21)12-19-8-6-13(17)7-9-19/h2-5,13H,6-12,17H2,1H3. The summed E-state index contributed by atoms with van der Waals surface area (Å²) in [4.78, 5) is 19.0. The van der Waals surface area contributed by atoms with Crippen LogP contribution in [-0.4, -0.2) is 56.6 Å². The fourth-order valence-electron chi connectivity index (χ4n) is 3.15. The first-order valence-corrected chi connectivity index (χ1v) is 7.73. The first-order chi connectivity index (χ1) is 10.1. The monoisotopic (exact) mass is 288 g/mol. The molecular weight excluding hydrogens is 264 g/mol. The highest BCUT2D eigenvalue weighted by atomic mass is 16.2. The van der Waals surface area contributed by atoms with Gasteiger partial charge in [0.1, 0.15) is 0 Å². The van der Waals surface area contributed by atoms with Crippen molar-refractivity contribution in [1.82, 2.24) is 4.90 Å². The fourth-order valence-corrected chi connectivity index (χ4v) is 3.15. The van der Waals surface area contributed by atoms with E-state index in [1.54, 1.807) is 0 Å². The Labute approximate surface area is 126 Å². The number of carbonyl (C=O) groups excluding carboxylic acids is 1. The van der Waals surface area contributed by atoms with Gasteiger partial charge in [0.25, 0.3) is 0 Å². The van der Waals surface area contributed by atoms with E-state index in [0.717, 1.165) is 50.4 Å². The second kappa shape index (κ2) is 6.03. The number of nitrogens with zero attached hydrogens (tertiary/aromatic N) is 3. The van der Waals surface area contributed by atoms with Crippen LogP contribution in [-0.2, 0) is 4.79 Å². The maximum atomic E-state index is 12.7. The number of anilines is 2. The van der Waals surface area contributed by atoms with E-state index in [9.17, 15) is 4.79 Å². The zero-order valence-electron chi connectivity index (χ0n) is 12.7. The van der Waals surface area contributed by atoms with Gasteiger partial charge in [0.2, 0.25) is 5.91 Å². The van der Waals surface area contributed by atoms with Crippen LogP contribution >= 0.6 is 0 Å². The maximum absolute atomic E-state index is 12.7. The molecule has 21 heavy (non-hydrogen) atoms. The molecule has 2 N–H and O–H groups in total. The Balaban J connectivity index is 1.69. The largest absolute Gasteiger partial charge is 0.371 e. The van der Waals surface area contributed by atoms with Crippen LogP contribution in [0.15, 0.2) is 24.3 Å². The van der Waals surface area contributed by atoms with E-state index in [1.807, 2.05) is 23.1 Å². The van der Waals surface area contributed by atoms with E-state index in [4.69, 9.17) is 5.73 Å². The second-order valence-electron chi connectivity index (χ2n) is 6.07. The zero-order valence-corrected chi connectivity index (χ0v) is 12.7. The molecule has 0 aromatic heterocycles. The molecule has 0 atom stereocenters. The predicted octanol–water partition coefficient (Wildman–Crippen LogP) is 0.893. The minimum absolute atomic E-state index is 0.200. The summed E-state index contributed by atoms with van der Waals surface area (Å²) in [5.41, 5.74) is 8.09. The lowest BCUT2D eigenvalue weighted by atomic mass is 10.1. The molecular formula is C16H24N4O. The number of likely N-dealkylation sites (tertiary alicyclic amines) is 1. The van der Waals surface area contributed by atoms with E-state index < -0.39 is 0 Å². The molecule has 0 aliphatic carbocycles. The van der Waals surface area contributed by atoms with Gasteiger partial charge in [0, 0.05) is 39.3 Å². The van der Waals surface area contributed by atoms with Crippen LogP contribution in [0.1, 0.15) is 12.8 Å². The molecule has 2 aliphatic heterocycles. The molecule has 1 aromatic carbocycles. The summed E-state index contributed by atoms with van der Waals surface area (Å²) in [5, 5.41) is 0. The zero-order chi connectivity index (χ0) is 14.8. The summed E-state index contributed by atoms with van der Waals surface area (Å²) in [6, 6.07) is 8.44. The number of para-hydroxylation sites is 2. The number of rotatable bonds is 2. The summed E-state index contributed by atoms with van der Waals surface area (Å²) in [5.74, 6) is 0.200. The van der Waals surface area contributed by atoms with Crippen molar-refractivity contribution >= 4 is 17.3 Å². The highest BCUT2D eigenvalue weighted by Gasteiger charge is 2.27. The summed E-state index contributed by atoms with van der Waals surface area (Å²) < 4.78 is 0. The summed E-state index contributed by atoms with van der Waals surface area (Å²) in [7, 11) is 2.08. The molecule has 1 aromatic rings. The summed E-state index contributed by atoms with van der Waals surface area (Å²) in [6.45, 7) is 4.02. The molecule has 114 valence electrons. The third-order valence-corrected chi connectivity index (χ3v) is 4.53. The molecule has 1 saturated heterocycles. The Kier molecular flexibility index (Phi) is 4.12. The minimum atomic E-state index is 0.200. The highest BCUT2D eigenvalue weighted by molar-refractivity contribution is 5.98. The Bertz CT molecular complexity index is 511. The summed E-state index contributed by atoms with van der Waals surface area (Å²) >= 11 is 0. The van der Waals surface area contributed by atoms with Gasteiger partial charge in [-0.25, -0.2) is 0 Å². The van der Waals surface area contributed by atoms with E-state index in [2.05, 4.69) is 22.9 Å². The van der Waals surface area contributed by atoms with Crippen LogP contribution < -0.4 is 15.5 Å². The second-order valence-corrected chi connectivity index (χ2v) is 6.07. The lowest BCUT2D eigenvalue weighted by Crippen LogP contribution is -2.49. The fraction of sp³-hybridized carbons (Fsp3) is 0.562. The van der Waals surface area contributed by atoms with E-state index in [1.165, 1.54) is 0 Å². The lowest BCUT2D eigenvalue weighted by Gasteiger charge is -2.37. The topological polar surface area (TPSA) is 52.8 Å². The van der Waals surface area contributed by atoms with Crippen molar-refractivity contribution in [2.24, 2.45) is 5.73 Å². The van der Waals surface area contributed by atoms with Crippen LogP contribution in [0.2, 0.25) is 0 Å². The van der Waals surface area contributed by atoms with Gasteiger partial charge >= 0.3 is 0 Å². The Morgan fingerprint density at radius 1 is 1.14 bits per heavy atom. The van der Waals surface area contributed by atoms with Crippen LogP contribution in [0.5, 0.6) is 0 Å². The molecule has 3 rings (SSSR count). The number of nitrogens with two attached hydrogens (primary N) is 1. The molecule has 2 heterocycles. The Hall–Kier alpha value is -1.59. The number of hydrogen-bond acceptors (Lipinski definition) is 4. The first kappa shape index (κ1) is 14.4. The summed E-state index contributed by atoms with van der Waals surface area (Å²) in [6.07, 6.45) is 1.99. The van der Waals surface area contributed by atoms with Crippen molar-refractivity contribution in [3.63, 3.8) is 0 Å². The molecule has 1 amide bonds. The third kappa shape index (κ3) is 3.04. The number of likely N-dealkylation sites (N-methyl/N-ethyl adjacent to an activating group) is 1. The van der Waals surface area contributed by atoms with Gasteiger partial charge in [-0.1, -0.05) is 12.1 Å². The molecule has 2 aliphatic rings. The van der Waals surface area contributed by atoms with Crippen LogP contribution in [0.3, 0.4) is 0 Å². The Morgan fingerprint density at radius 3 is 2.52 bits per heavy atom. The molecule has 1 fully saturated rings. The average molecular weight is 288 g/mol. The number of carbonyl (C=O) groups is 1. The number of piperidine rings is 1. The van der Waals surface area contributed by atoms with Crippen LogP contribution in [0.25, 0.3) is 0 Å². The molecule has 0 radical (unpaired) electrons. The van der Waals surface area contributed by atoms with Gasteiger partial charge in [-0.05, 0) is 25.0 Å². The molecule has 0 unspecified atom stereocenters.